The summed E-state index contributed by atoms with van der Waals surface area (Å²) in [5.41, 5.74) is 3.42. The average Bonchev–Trinajstić information content (AvgIpc) is 2.83. The van der Waals surface area contributed by atoms with E-state index in [4.69, 9.17) is 4.74 Å². The minimum atomic E-state index is 0.322. The Hall–Kier alpha value is -1.18. The Morgan fingerprint density at radius 3 is 2.85 bits per heavy atom. The molecule has 1 aromatic rings. The van der Waals surface area contributed by atoms with E-state index < -0.39 is 0 Å². The summed E-state index contributed by atoms with van der Waals surface area (Å²) in [4.78, 5) is 0. The van der Waals surface area contributed by atoms with Crippen molar-refractivity contribution >= 4 is 5.69 Å². The van der Waals surface area contributed by atoms with E-state index in [1.807, 2.05) is 0 Å². The molecule has 3 rings (SSSR count). The molecule has 0 amide bonds. The number of para-hydroxylation sites is 1. The molecule has 20 heavy (non-hydrogen) atoms. The van der Waals surface area contributed by atoms with E-state index in [2.05, 4.69) is 44.3 Å². The van der Waals surface area contributed by atoms with Crippen molar-refractivity contribution in [2.45, 2.75) is 52.9 Å². The third-order valence-electron chi connectivity index (χ3n) is 4.92. The molecule has 1 aromatic carbocycles. The van der Waals surface area contributed by atoms with Gasteiger partial charge in [0.2, 0.25) is 0 Å². The van der Waals surface area contributed by atoms with Crippen LogP contribution in [0.25, 0.3) is 0 Å². The lowest BCUT2D eigenvalue weighted by Crippen LogP contribution is -2.35. The molecule has 0 bridgehead atoms. The molecule has 0 spiro atoms. The number of nitrogens with one attached hydrogen (secondary N) is 1. The Morgan fingerprint density at radius 1 is 1.20 bits per heavy atom. The van der Waals surface area contributed by atoms with Gasteiger partial charge in [-0.3, -0.25) is 0 Å². The predicted octanol–water partition coefficient (Wildman–Crippen LogP) is 4.64. The SMILES string of the molecule is CC1(C)CCCC(C)(COc2cccc3c2NCC3)C1. The van der Waals surface area contributed by atoms with Crippen LogP contribution >= 0.6 is 0 Å². The van der Waals surface area contributed by atoms with Crippen LogP contribution < -0.4 is 10.1 Å². The van der Waals surface area contributed by atoms with Crippen LogP contribution in [0.1, 0.15) is 52.0 Å². The Bertz CT molecular complexity index is 494. The van der Waals surface area contributed by atoms with Gasteiger partial charge in [0.05, 0.1) is 12.3 Å². The minimum absolute atomic E-state index is 0.322. The van der Waals surface area contributed by atoms with Gasteiger partial charge in [-0.1, -0.05) is 39.3 Å². The Kier molecular flexibility index (Phi) is 3.43. The molecule has 1 unspecified atom stereocenters. The summed E-state index contributed by atoms with van der Waals surface area (Å²) in [5.74, 6) is 1.05. The van der Waals surface area contributed by atoms with Gasteiger partial charge in [-0.05, 0) is 42.7 Å². The summed E-state index contributed by atoms with van der Waals surface area (Å²) in [7, 11) is 0. The topological polar surface area (TPSA) is 21.3 Å². The van der Waals surface area contributed by atoms with Crippen molar-refractivity contribution in [2.24, 2.45) is 10.8 Å². The van der Waals surface area contributed by atoms with Crippen LogP contribution in [0.3, 0.4) is 0 Å². The van der Waals surface area contributed by atoms with Crippen molar-refractivity contribution < 1.29 is 4.74 Å². The maximum Gasteiger partial charge on any atom is 0.142 e. The van der Waals surface area contributed by atoms with E-state index in [0.29, 0.717) is 10.8 Å². The Labute approximate surface area is 122 Å². The molecular weight excluding hydrogens is 246 g/mol. The van der Waals surface area contributed by atoms with Crippen molar-refractivity contribution in [3.05, 3.63) is 23.8 Å². The van der Waals surface area contributed by atoms with E-state index >= 15 is 0 Å². The number of hydrogen-bond donors (Lipinski definition) is 1. The van der Waals surface area contributed by atoms with Crippen molar-refractivity contribution in [1.29, 1.82) is 0 Å². The van der Waals surface area contributed by atoms with Crippen LogP contribution in [0.2, 0.25) is 0 Å². The van der Waals surface area contributed by atoms with Gasteiger partial charge < -0.3 is 10.1 Å². The first-order valence-electron chi connectivity index (χ1n) is 7.96. The summed E-state index contributed by atoms with van der Waals surface area (Å²) in [6.07, 6.45) is 6.36. The van der Waals surface area contributed by atoms with Crippen LogP contribution in [0.4, 0.5) is 5.69 Å². The van der Waals surface area contributed by atoms with E-state index in [1.165, 1.54) is 36.9 Å². The summed E-state index contributed by atoms with van der Waals surface area (Å²) >= 11 is 0. The lowest BCUT2D eigenvalue weighted by Gasteiger charge is -2.42. The minimum Gasteiger partial charge on any atom is -0.491 e. The van der Waals surface area contributed by atoms with Gasteiger partial charge in [0.1, 0.15) is 5.75 Å². The van der Waals surface area contributed by atoms with Gasteiger partial charge in [-0.2, -0.15) is 0 Å². The third-order valence-corrected chi connectivity index (χ3v) is 4.92. The largest absolute Gasteiger partial charge is 0.491 e. The quantitative estimate of drug-likeness (QED) is 0.866. The van der Waals surface area contributed by atoms with Crippen molar-refractivity contribution in [3.63, 3.8) is 0 Å². The molecule has 110 valence electrons. The van der Waals surface area contributed by atoms with Crippen molar-refractivity contribution in [2.75, 3.05) is 18.5 Å². The number of hydrogen-bond acceptors (Lipinski definition) is 2. The second-order valence-corrected chi connectivity index (χ2v) is 7.76. The number of rotatable bonds is 3. The monoisotopic (exact) mass is 273 g/mol. The molecule has 1 N–H and O–H groups in total. The molecule has 2 nitrogen and oxygen atoms in total. The van der Waals surface area contributed by atoms with Gasteiger partial charge in [-0.25, -0.2) is 0 Å². The third kappa shape index (κ3) is 2.79. The van der Waals surface area contributed by atoms with E-state index in [1.54, 1.807) is 0 Å². The first kappa shape index (κ1) is 13.8. The fourth-order valence-electron chi connectivity index (χ4n) is 4.13. The highest BCUT2D eigenvalue weighted by atomic mass is 16.5. The van der Waals surface area contributed by atoms with Crippen LogP contribution in [0.15, 0.2) is 18.2 Å². The second-order valence-electron chi connectivity index (χ2n) is 7.76. The van der Waals surface area contributed by atoms with Crippen LogP contribution in [0.5, 0.6) is 5.75 Å². The van der Waals surface area contributed by atoms with Gasteiger partial charge in [0.15, 0.2) is 0 Å². The first-order valence-corrected chi connectivity index (χ1v) is 7.96. The molecule has 1 saturated carbocycles. The highest BCUT2D eigenvalue weighted by molar-refractivity contribution is 5.65. The number of ether oxygens (including phenoxy) is 1. The van der Waals surface area contributed by atoms with Gasteiger partial charge >= 0.3 is 0 Å². The van der Waals surface area contributed by atoms with Gasteiger partial charge in [0, 0.05) is 12.0 Å². The molecule has 1 atom stereocenters. The van der Waals surface area contributed by atoms with Crippen LogP contribution in [-0.2, 0) is 6.42 Å². The molecule has 1 aliphatic carbocycles. The van der Waals surface area contributed by atoms with Crippen molar-refractivity contribution in [3.8, 4) is 5.75 Å². The maximum atomic E-state index is 6.22. The van der Waals surface area contributed by atoms with Gasteiger partial charge in [-0.15, -0.1) is 0 Å². The Balaban J connectivity index is 1.69. The van der Waals surface area contributed by atoms with E-state index in [9.17, 15) is 0 Å². The number of benzene rings is 1. The predicted molar refractivity (Wildman–Crippen MR) is 84.5 cm³/mol. The maximum absolute atomic E-state index is 6.22. The number of fused-ring (bicyclic) bond motifs is 1. The van der Waals surface area contributed by atoms with E-state index in [0.717, 1.165) is 25.3 Å². The first-order chi connectivity index (χ1) is 9.48. The zero-order chi connectivity index (χ0) is 14.2. The molecule has 0 saturated heterocycles. The molecule has 0 aromatic heterocycles. The van der Waals surface area contributed by atoms with Crippen LogP contribution in [-0.4, -0.2) is 13.2 Å². The van der Waals surface area contributed by atoms with Gasteiger partial charge in [0.25, 0.3) is 0 Å². The molecule has 1 aliphatic heterocycles. The zero-order valence-electron chi connectivity index (χ0n) is 13.1. The van der Waals surface area contributed by atoms with Crippen LogP contribution in [0, 0.1) is 10.8 Å². The summed E-state index contributed by atoms with van der Waals surface area (Å²) in [6, 6.07) is 6.43. The molecule has 1 fully saturated rings. The van der Waals surface area contributed by atoms with Crippen molar-refractivity contribution in [1.82, 2.24) is 0 Å². The summed E-state index contributed by atoms with van der Waals surface area (Å²) in [5, 5.41) is 3.46. The normalized spacial score (nSPS) is 27.8. The molecule has 1 heterocycles. The fourth-order valence-corrected chi connectivity index (χ4v) is 4.13. The second kappa shape index (κ2) is 4.98. The molecule has 2 heteroatoms. The highest BCUT2D eigenvalue weighted by Gasteiger charge is 2.37. The molecule has 2 aliphatic rings. The lowest BCUT2D eigenvalue weighted by atomic mass is 9.65. The molecule has 0 radical (unpaired) electrons. The highest BCUT2D eigenvalue weighted by Crippen LogP contribution is 2.46. The average molecular weight is 273 g/mol. The number of anilines is 1. The summed E-state index contributed by atoms with van der Waals surface area (Å²) < 4.78 is 6.22. The Morgan fingerprint density at radius 2 is 2.05 bits per heavy atom. The standard InChI is InChI=1S/C18H27NO/c1-17(2)9-5-10-18(3,12-17)13-20-15-7-4-6-14-8-11-19-16(14)15/h4,6-7,19H,5,8-13H2,1-3H3. The lowest BCUT2D eigenvalue weighted by molar-refractivity contribution is 0.0508. The smallest absolute Gasteiger partial charge is 0.142 e. The van der Waals surface area contributed by atoms with E-state index in [-0.39, 0.29) is 0 Å². The zero-order valence-corrected chi connectivity index (χ0v) is 13.1. The fraction of sp³-hybridized carbons (Fsp3) is 0.667. The summed E-state index contributed by atoms with van der Waals surface area (Å²) in [6.45, 7) is 9.07. The molecular formula is C18H27NO.